The highest BCUT2D eigenvalue weighted by atomic mass is 32.1. The molecule has 3 aliphatic rings. The van der Waals surface area contributed by atoms with Crippen LogP contribution in [0.1, 0.15) is 61.9 Å². The van der Waals surface area contributed by atoms with Crippen LogP contribution >= 0.6 is 11.3 Å². The molecule has 1 atom stereocenters. The van der Waals surface area contributed by atoms with Crippen LogP contribution in [0.2, 0.25) is 0 Å². The first-order valence-corrected chi connectivity index (χ1v) is 13.2. The van der Waals surface area contributed by atoms with E-state index in [1.807, 2.05) is 36.9 Å². The van der Waals surface area contributed by atoms with Gasteiger partial charge in [0.05, 0.1) is 27.6 Å². The van der Waals surface area contributed by atoms with Crippen molar-refractivity contribution in [2.24, 2.45) is 5.41 Å². The lowest BCUT2D eigenvalue weighted by atomic mass is 9.74. The van der Waals surface area contributed by atoms with Crippen molar-refractivity contribution >= 4 is 28.2 Å². The van der Waals surface area contributed by atoms with Gasteiger partial charge in [-0.1, -0.05) is 12.1 Å². The fraction of sp³-hybridized carbons (Fsp3) is 0.519. The highest BCUT2D eigenvalue weighted by Crippen LogP contribution is 2.46. The number of cyclic esters (lactones) is 1. The van der Waals surface area contributed by atoms with Gasteiger partial charge in [0.25, 0.3) is 5.91 Å². The lowest BCUT2D eigenvalue weighted by Gasteiger charge is -2.44. The number of nitrogens with zero attached hydrogens (tertiary/aromatic N) is 3. The van der Waals surface area contributed by atoms with Crippen molar-refractivity contribution in [3.63, 3.8) is 0 Å². The van der Waals surface area contributed by atoms with Crippen LogP contribution in [0.25, 0.3) is 10.4 Å². The highest BCUT2D eigenvalue weighted by Gasteiger charge is 2.54. The van der Waals surface area contributed by atoms with E-state index in [1.54, 1.807) is 12.1 Å². The number of carbonyl (C=O) groups is 2. The van der Waals surface area contributed by atoms with Crippen LogP contribution in [0.3, 0.4) is 0 Å². The van der Waals surface area contributed by atoms with E-state index in [1.165, 1.54) is 11.3 Å². The van der Waals surface area contributed by atoms with Gasteiger partial charge in [-0.2, -0.15) is 5.26 Å². The molecular weight excluding hydrogens is 460 g/mol. The number of esters is 1. The molecule has 0 aliphatic carbocycles. The molecule has 184 valence electrons. The summed E-state index contributed by atoms with van der Waals surface area (Å²) in [6.45, 7) is 7.14. The van der Waals surface area contributed by atoms with Crippen LogP contribution in [-0.2, 0) is 9.53 Å². The number of hydrogen-bond acceptors (Lipinski definition) is 7. The predicted molar refractivity (Wildman–Crippen MR) is 136 cm³/mol. The third-order valence-electron chi connectivity index (χ3n) is 7.73. The Morgan fingerprint density at radius 3 is 2.54 bits per heavy atom. The summed E-state index contributed by atoms with van der Waals surface area (Å²) in [6, 6.07) is 11.7. The van der Waals surface area contributed by atoms with Crippen LogP contribution in [0, 0.1) is 16.7 Å². The van der Waals surface area contributed by atoms with Gasteiger partial charge < -0.3 is 15.4 Å². The van der Waals surface area contributed by atoms with E-state index in [4.69, 9.17) is 15.7 Å². The zero-order valence-corrected chi connectivity index (χ0v) is 21.2. The number of ether oxygens (including phenoxy) is 1. The van der Waals surface area contributed by atoms with Crippen LogP contribution in [-0.4, -0.2) is 59.5 Å². The number of nitriles is 1. The number of anilines is 1. The fourth-order valence-corrected chi connectivity index (χ4v) is 7.02. The molecule has 0 bridgehead atoms. The van der Waals surface area contributed by atoms with Gasteiger partial charge in [-0.25, -0.2) is 0 Å². The van der Waals surface area contributed by atoms with E-state index in [0.717, 1.165) is 55.6 Å². The third-order valence-corrected chi connectivity index (χ3v) is 8.74. The standard InChI is InChI=1S/C27H32N4O3S/c1-26(2)16-27(25(33)34-26)10-3-11-31(17-27)20-8-12-30(13-9-20)24(32)21-14-22(35-23(21)29)19-6-4-18(15-28)5-7-19/h4-7,14,20H,3,8-13,16-17,29H2,1-2H3. The third kappa shape index (κ3) is 4.55. The SMILES string of the molecule is CC1(C)CC2(CCCN(C3CCN(C(=O)c4cc(-c5ccc(C#N)cc5)sc4N)CC3)C2)C(=O)O1. The number of hydrogen-bond donors (Lipinski definition) is 1. The molecule has 5 rings (SSSR count). The molecule has 7 nitrogen and oxygen atoms in total. The van der Waals surface area contributed by atoms with E-state index in [2.05, 4.69) is 11.0 Å². The molecule has 1 amide bonds. The Morgan fingerprint density at radius 2 is 1.91 bits per heavy atom. The van der Waals surface area contributed by atoms with Crippen molar-refractivity contribution < 1.29 is 14.3 Å². The zero-order valence-electron chi connectivity index (χ0n) is 20.4. The van der Waals surface area contributed by atoms with Crippen molar-refractivity contribution in [2.45, 2.75) is 57.6 Å². The molecule has 1 aromatic heterocycles. The lowest BCUT2D eigenvalue weighted by Crippen LogP contribution is -2.53. The van der Waals surface area contributed by atoms with Crippen LogP contribution in [0.5, 0.6) is 0 Å². The zero-order chi connectivity index (χ0) is 24.8. The summed E-state index contributed by atoms with van der Waals surface area (Å²) in [5.74, 6) is -0.0563. The van der Waals surface area contributed by atoms with Gasteiger partial charge in [0, 0.05) is 37.0 Å². The molecule has 8 heteroatoms. The maximum absolute atomic E-state index is 13.3. The number of nitrogens with two attached hydrogens (primary N) is 1. The molecule has 1 aromatic carbocycles. The second-order valence-corrected chi connectivity index (χ2v) is 11.9. The summed E-state index contributed by atoms with van der Waals surface area (Å²) < 4.78 is 5.69. The monoisotopic (exact) mass is 492 g/mol. The molecule has 2 aromatic rings. The summed E-state index contributed by atoms with van der Waals surface area (Å²) in [5.41, 5.74) is 7.61. The van der Waals surface area contributed by atoms with Gasteiger partial charge in [0.15, 0.2) is 0 Å². The van der Waals surface area contributed by atoms with E-state index in [-0.39, 0.29) is 22.9 Å². The molecule has 35 heavy (non-hydrogen) atoms. The molecule has 3 saturated heterocycles. The number of nitrogen functional groups attached to an aromatic ring is 1. The Labute approximate surface area is 210 Å². The maximum atomic E-state index is 13.3. The quantitative estimate of drug-likeness (QED) is 0.642. The normalized spacial score (nSPS) is 24.9. The second-order valence-electron chi connectivity index (χ2n) is 10.8. The first-order valence-electron chi connectivity index (χ1n) is 12.4. The Balaban J connectivity index is 1.22. The number of thiophene rings is 1. The molecule has 4 heterocycles. The topological polar surface area (TPSA) is 99.7 Å². The van der Waals surface area contributed by atoms with Crippen LogP contribution in [0.4, 0.5) is 5.00 Å². The number of likely N-dealkylation sites (tertiary alicyclic amines) is 2. The number of benzene rings is 1. The molecule has 0 saturated carbocycles. The molecular formula is C27H32N4O3S. The van der Waals surface area contributed by atoms with E-state index in [0.29, 0.717) is 35.3 Å². The average Bonchev–Trinajstić information content (AvgIpc) is 3.34. The number of rotatable bonds is 3. The number of amides is 1. The number of piperidine rings is 2. The van der Waals surface area contributed by atoms with E-state index < -0.39 is 0 Å². The smallest absolute Gasteiger partial charge is 0.314 e. The largest absolute Gasteiger partial charge is 0.459 e. The van der Waals surface area contributed by atoms with Crippen molar-refractivity contribution in [1.82, 2.24) is 9.80 Å². The molecule has 0 radical (unpaired) electrons. The van der Waals surface area contributed by atoms with Crippen molar-refractivity contribution in [3.05, 3.63) is 41.5 Å². The van der Waals surface area contributed by atoms with Gasteiger partial charge in [0.1, 0.15) is 5.60 Å². The second kappa shape index (κ2) is 8.96. The maximum Gasteiger partial charge on any atom is 0.314 e. The molecule has 3 fully saturated rings. The summed E-state index contributed by atoms with van der Waals surface area (Å²) in [7, 11) is 0. The highest BCUT2D eigenvalue weighted by molar-refractivity contribution is 7.19. The molecule has 3 aliphatic heterocycles. The van der Waals surface area contributed by atoms with Gasteiger partial charge in [-0.3, -0.25) is 14.5 Å². The van der Waals surface area contributed by atoms with E-state index in [9.17, 15) is 9.59 Å². The number of carbonyl (C=O) groups excluding carboxylic acids is 2. The Kier molecular flexibility index (Phi) is 6.10. The minimum absolute atomic E-state index is 0.0201. The minimum atomic E-state index is -0.382. The van der Waals surface area contributed by atoms with Crippen molar-refractivity contribution in [1.29, 1.82) is 5.26 Å². The van der Waals surface area contributed by atoms with Crippen LogP contribution < -0.4 is 5.73 Å². The van der Waals surface area contributed by atoms with Crippen molar-refractivity contribution in [2.75, 3.05) is 31.9 Å². The fourth-order valence-electron chi connectivity index (χ4n) is 6.10. The lowest BCUT2D eigenvalue weighted by molar-refractivity contribution is -0.154. The van der Waals surface area contributed by atoms with Gasteiger partial charge >= 0.3 is 5.97 Å². The summed E-state index contributed by atoms with van der Waals surface area (Å²) in [4.78, 5) is 31.3. The first-order chi connectivity index (χ1) is 16.7. The molecule has 1 spiro atoms. The van der Waals surface area contributed by atoms with E-state index >= 15 is 0 Å². The minimum Gasteiger partial charge on any atom is -0.459 e. The first kappa shape index (κ1) is 23.8. The summed E-state index contributed by atoms with van der Waals surface area (Å²) in [5, 5.41) is 9.54. The molecule has 2 N–H and O–H groups in total. The average molecular weight is 493 g/mol. The Bertz CT molecular complexity index is 1170. The van der Waals surface area contributed by atoms with Crippen LogP contribution in [0.15, 0.2) is 30.3 Å². The summed E-state index contributed by atoms with van der Waals surface area (Å²) in [6.07, 6.45) is 4.49. The van der Waals surface area contributed by atoms with Gasteiger partial charge in [0.2, 0.25) is 0 Å². The Morgan fingerprint density at radius 1 is 1.20 bits per heavy atom. The van der Waals surface area contributed by atoms with Crippen molar-refractivity contribution in [3.8, 4) is 16.5 Å². The van der Waals surface area contributed by atoms with Gasteiger partial charge in [-0.15, -0.1) is 11.3 Å². The van der Waals surface area contributed by atoms with Gasteiger partial charge in [-0.05, 0) is 69.8 Å². The molecule has 1 unspecified atom stereocenters. The summed E-state index contributed by atoms with van der Waals surface area (Å²) >= 11 is 1.40. The Hall–Kier alpha value is -2.89. The predicted octanol–water partition coefficient (Wildman–Crippen LogP) is 4.28.